The quantitative estimate of drug-likeness (QED) is 0.475. The second-order valence-electron chi connectivity index (χ2n) is 6.93. The lowest BCUT2D eigenvalue weighted by Gasteiger charge is -2.26. The number of hydrogen-bond donors (Lipinski definition) is 2. The Hall–Kier alpha value is -0.910. The molecule has 4 atom stereocenters. The van der Waals surface area contributed by atoms with Crippen molar-refractivity contribution in [1.29, 1.82) is 0 Å². The van der Waals surface area contributed by atoms with Crippen LogP contribution in [0.2, 0.25) is 0 Å². The van der Waals surface area contributed by atoms with E-state index in [1.165, 1.54) is 6.42 Å². The molecule has 5 heteroatoms. The van der Waals surface area contributed by atoms with Crippen LogP contribution in [0.25, 0.3) is 0 Å². The largest absolute Gasteiger partial charge is 0.481 e. The highest BCUT2D eigenvalue weighted by molar-refractivity contribution is 5.66. The summed E-state index contributed by atoms with van der Waals surface area (Å²) in [4.78, 5) is 10.4. The van der Waals surface area contributed by atoms with Gasteiger partial charge in [-0.25, -0.2) is 0 Å². The van der Waals surface area contributed by atoms with Gasteiger partial charge in [-0.15, -0.1) is 0 Å². The second kappa shape index (κ2) is 8.81. The van der Waals surface area contributed by atoms with Gasteiger partial charge >= 0.3 is 5.97 Å². The van der Waals surface area contributed by atoms with Crippen LogP contribution in [0, 0.1) is 0 Å². The van der Waals surface area contributed by atoms with Gasteiger partial charge in [-0.3, -0.25) is 4.79 Å². The van der Waals surface area contributed by atoms with Crippen molar-refractivity contribution in [1.82, 2.24) is 0 Å². The summed E-state index contributed by atoms with van der Waals surface area (Å²) in [6.45, 7) is 2.02. The first-order valence-corrected chi connectivity index (χ1v) is 8.89. The van der Waals surface area contributed by atoms with E-state index in [2.05, 4.69) is 6.08 Å². The van der Waals surface area contributed by atoms with E-state index in [9.17, 15) is 9.90 Å². The van der Waals surface area contributed by atoms with Gasteiger partial charge in [-0.2, -0.15) is 0 Å². The molecule has 0 aliphatic carbocycles. The Labute approximate surface area is 138 Å². The molecule has 0 amide bonds. The fraction of sp³-hybridized carbons (Fsp3) is 0.833. The molecule has 4 unspecified atom stereocenters. The SMILES string of the molecule is CC12CCCC(O1)C(C/C=C\CC(O)CCCCCC(=O)O)O2. The summed E-state index contributed by atoms with van der Waals surface area (Å²) in [7, 11) is 0. The third-order valence-corrected chi connectivity index (χ3v) is 4.71. The minimum absolute atomic E-state index is 0.145. The first-order valence-electron chi connectivity index (χ1n) is 8.89. The minimum Gasteiger partial charge on any atom is -0.481 e. The Bertz CT molecular complexity index is 408. The molecule has 5 nitrogen and oxygen atoms in total. The van der Waals surface area contributed by atoms with Gasteiger partial charge in [0.25, 0.3) is 0 Å². The molecule has 0 aromatic heterocycles. The molecule has 23 heavy (non-hydrogen) atoms. The van der Waals surface area contributed by atoms with Gasteiger partial charge in [0.15, 0.2) is 5.79 Å². The fourth-order valence-corrected chi connectivity index (χ4v) is 3.44. The number of hydrogen-bond acceptors (Lipinski definition) is 4. The third-order valence-electron chi connectivity index (χ3n) is 4.71. The maximum absolute atomic E-state index is 10.4. The summed E-state index contributed by atoms with van der Waals surface area (Å²) in [6, 6.07) is 0. The highest BCUT2D eigenvalue weighted by atomic mass is 16.8. The van der Waals surface area contributed by atoms with E-state index in [1.807, 2.05) is 13.0 Å². The van der Waals surface area contributed by atoms with Crippen molar-refractivity contribution in [3.05, 3.63) is 12.2 Å². The van der Waals surface area contributed by atoms with Gasteiger partial charge in [0.1, 0.15) is 0 Å². The molecule has 2 heterocycles. The zero-order valence-electron chi connectivity index (χ0n) is 14.1. The van der Waals surface area contributed by atoms with Crippen LogP contribution in [0.3, 0.4) is 0 Å². The van der Waals surface area contributed by atoms with Gasteiger partial charge in [-0.1, -0.05) is 25.0 Å². The van der Waals surface area contributed by atoms with E-state index >= 15 is 0 Å². The van der Waals surface area contributed by atoms with Crippen LogP contribution in [-0.2, 0) is 14.3 Å². The van der Waals surface area contributed by atoms with Crippen molar-refractivity contribution in [2.45, 2.75) is 95.2 Å². The Morgan fingerprint density at radius 1 is 1.30 bits per heavy atom. The van der Waals surface area contributed by atoms with Crippen molar-refractivity contribution in [3.8, 4) is 0 Å². The number of unbranched alkanes of at least 4 members (excludes halogenated alkanes) is 2. The van der Waals surface area contributed by atoms with E-state index in [4.69, 9.17) is 14.6 Å². The van der Waals surface area contributed by atoms with E-state index in [1.54, 1.807) is 0 Å². The number of carboxylic acids is 1. The summed E-state index contributed by atoms with van der Waals surface area (Å²) in [5.41, 5.74) is 0. The van der Waals surface area contributed by atoms with E-state index in [0.29, 0.717) is 12.8 Å². The van der Waals surface area contributed by atoms with Crippen LogP contribution in [0.4, 0.5) is 0 Å². The van der Waals surface area contributed by atoms with Crippen LogP contribution in [0.5, 0.6) is 0 Å². The van der Waals surface area contributed by atoms with Gasteiger partial charge in [-0.05, 0) is 45.4 Å². The van der Waals surface area contributed by atoms with E-state index in [-0.39, 0.29) is 30.5 Å². The van der Waals surface area contributed by atoms with Gasteiger partial charge < -0.3 is 19.7 Å². The van der Waals surface area contributed by atoms with Gasteiger partial charge in [0.2, 0.25) is 0 Å². The second-order valence-corrected chi connectivity index (χ2v) is 6.93. The molecular weight excluding hydrogens is 296 g/mol. The van der Waals surface area contributed by atoms with E-state index < -0.39 is 5.97 Å². The number of fused-ring (bicyclic) bond motifs is 2. The lowest BCUT2D eigenvalue weighted by Crippen LogP contribution is -2.30. The summed E-state index contributed by atoms with van der Waals surface area (Å²) >= 11 is 0. The first-order chi connectivity index (χ1) is 11.0. The minimum atomic E-state index is -0.745. The summed E-state index contributed by atoms with van der Waals surface area (Å²) in [5.74, 6) is -1.12. The molecule has 2 rings (SSSR count). The smallest absolute Gasteiger partial charge is 0.303 e. The molecule has 132 valence electrons. The number of aliphatic hydroxyl groups excluding tert-OH is 1. The highest BCUT2D eigenvalue weighted by Gasteiger charge is 2.46. The lowest BCUT2D eigenvalue weighted by atomic mass is 10.0. The summed E-state index contributed by atoms with van der Waals surface area (Å²) in [6.07, 6.45) is 12.2. The normalized spacial score (nSPS) is 31.6. The Morgan fingerprint density at radius 2 is 2.13 bits per heavy atom. The predicted molar refractivity (Wildman–Crippen MR) is 87.1 cm³/mol. The molecule has 0 aromatic carbocycles. The van der Waals surface area contributed by atoms with Gasteiger partial charge in [0, 0.05) is 12.8 Å². The summed E-state index contributed by atoms with van der Waals surface area (Å²) in [5, 5.41) is 18.5. The zero-order chi connectivity index (χ0) is 16.7. The van der Waals surface area contributed by atoms with Crippen molar-refractivity contribution >= 4 is 5.97 Å². The van der Waals surface area contributed by atoms with Gasteiger partial charge in [0.05, 0.1) is 18.3 Å². The number of carboxylic acid groups (broad SMARTS) is 1. The van der Waals surface area contributed by atoms with Crippen molar-refractivity contribution in [3.63, 3.8) is 0 Å². The zero-order valence-corrected chi connectivity index (χ0v) is 14.1. The Morgan fingerprint density at radius 3 is 2.87 bits per heavy atom. The molecule has 2 N–H and O–H groups in total. The van der Waals surface area contributed by atoms with Crippen LogP contribution in [0.1, 0.15) is 71.1 Å². The van der Waals surface area contributed by atoms with Crippen LogP contribution in [0.15, 0.2) is 12.2 Å². The molecule has 0 saturated carbocycles. The number of aliphatic hydroxyl groups is 1. The van der Waals surface area contributed by atoms with Crippen LogP contribution >= 0.6 is 0 Å². The highest BCUT2D eigenvalue weighted by Crippen LogP contribution is 2.40. The maximum Gasteiger partial charge on any atom is 0.303 e. The summed E-state index contributed by atoms with van der Waals surface area (Å²) < 4.78 is 11.9. The predicted octanol–water partition coefficient (Wildman–Crippen LogP) is 3.40. The molecule has 2 bridgehead atoms. The lowest BCUT2D eigenvalue weighted by molar-refractivity contribution is -0.178. The van der Waals surface area contributed by atoms with Crippen LogP contribution in [-0.4, -0.2) is 40.3 Å². The molecule has 0 aromatic rings. The fourth-order valence-electron chi connectivity index (χ4n) is 3.44. The first kappa shape index (κ1) is 18.4. The monoisotopic (exact) mass is 326 g/mol. The average molecular weight is 326 g/mol. The molecule has 2 aliphatic heterocycles. The van der Waals surface area contributed by atoms with Crippen molar-refractivity contribution < 1.29 is 24.5 Å². The van der Waals surface area contributed by atoms with Crippen LogP contribution < -0.4 is 0 Å². The number of carbonyl (C=O) groups is 1. The molecule has 2 aliphatic rings. The molecule has 2 fully saturated rings. The number of aliphatic carboxylic acids is 1. The number of rotatable bonds is 10. The standard InChI is InChI=1S/C18H30O5/c1-18-13-7-11-16(23-18)15(22-18)10-6-5-9-14(19)8-3-2-4-12-17(20)21/h5-6,14-16,19H,2-4,7-13H2,1H3,(H,20,21)/b6-5-. The van der Waals surface area contributed by atoms with Crippen molar-refractivity contribution in [2.75, 3.05) is 0 Å². The molecule has 2 saturated heterocycles. The topological polar surface area (TPSA) is 76.0 Å². The third kappa shape index (κ3) is 6.24. The Balaban J connectivity index is 1.55. The molecule has 0 spiro atoms. The molecular formula is C18H30O5. The maximum atomic E-state index is 10.4. The average Bonchev–Trinajstić information content (AvgIpc) is 2.71. The number of ether oxygens (including phenoxy) is 2. The van der Waals surface area contributed by atoms with Crippen molar-refractivity contribution in [2.24, 2.45) is 0 Å². The van der Waals surface area contributed by atoms with E-state index in [0.717, 1.165) is 38.5 Å². The Kier molecular flexibility index (Phi) is 7.06. The molecule has 0 radical (unpaired) electrons.